The molecule has 0 unspecified atom stereocenters. The second-order valence-electron chi connectivity index (χ2n) is 3.58. The largest absolute Gasteiger partial charge is 0.355 e. The summed E-state index contributed by atoms with van der Waals surface area (Å²) < 4.78 is 0. The molecule has 0 bridgehead atoms. The first-order valence-electron chi connectivity index (χ1n) is 5.23. The molecular formula is C12H21IN2. The lowest BCUT2D eigenvalue weighted by Crippen LogP contribution is -2.27. The second-order valence-corrected chi connectivity index (χ2v) is 3.58. The number of hydrogen-bond acceptors (Lipinski definition) is 2. The van der Waals surface area contributed by atoms with Gasteiger partial charge in [0.25, 0.3) is 0 Å². The van der Waals surface area contributed by atoms with Crippen molar-refractivity contribution in [3.05, 3.63) is 37.2 Å². The molecule has 0 radical (unpaired) electrons. The average molecular weight is 320 g/mol. The molecule has 0 amide bonds. The third-order valence-corrected chi connectivity index (χ3v) is 2.31. The Kier molecular flexibility index (Phi) is 7.56. The Balaban J connectivity index is 0.00000196. The van der Waals surface area contributed by atoms with Gasteiger partial charge in [0, 0.05) is 25.0 Å². The van der Waals surface area contributed by atoms with Crippen LogP contribution in [0.1, 0.15) is 19.8 Å². The van der Waals surface area contributed by atoms with E-state index >= 15 is 0 Å². The minimum Gasteiger partial charge on any atom is -0.355 e. The van der Waals surface area contributed by atoms with Crippen molar-refractivity contribution in [3.63, 3.8) is 0 Å². The molecular weight excluding hydrogens is 299 g/mol. The molecule has 1 rings (SSSR count). The molecule has 0 aromatic carbocycles. The fourth-order valence-corrected chi connectivity index (χ4v) is 1.73. The fourth-order valence-electron chi connectivity index (χ4n) is 1.73. The van der Waals surface area contributed by atoms with Gasteiger partial charge in [0.1, 0.15) is 0 Å². The lowest BCUT2D eigenvalue weighted by atomic mass is 10.2. The maximum absolute atomic E-state index is 3.78. The van der Waals surface area contributed by atoms with Gasteiger partial charge in [0.15, 0.2) is 0 Å². The predicted octanol–water partition coefficient (Wildman–Crippen LogP) is 3.19. The number of nitrogens with zero attached hydrogens (tertiary/aromatic N) is 2. The zero-order chi connectivity index (χ0) is 10.4. The van der Waals surface area contributed by atoms with Crippen LogP contribution in [-0.2, 0) is 0 Å². The molecule has 0 aromatic rings. The Labute approximate surface area is 110 Å². The Morgan fingerprint density at radius 1 is 1.33 bits per heavy atom. The smallest absolute Gasteiger partial charge is 0.0902 e. The highest BCUT2D eigenvalue weighted by Gasteiger charge is 2.17. The van der Waals surface area contributed by atoms with Gasteiger partial charge < -0.3 is 9.80 Å². The summed E-state index contributed by atoms with van der Waals surface area (Å²) in [5.41, 5.74) is 1.43. The minimum atomic E-state index is 0. The summed E-state index contributed by atoms with van der Waals surface area (Å²) in [6.45, 7) is 12.6. The summed E-state index contributed by atoms with van der Waals surface area (Å²) >= 11 is 0. The van der Waals surface area contributed by atoms with Gasteiger partial charge in [-0.3, -0.25) is 0 Å². The lowest BCUT2D eigenvalue weighted by molar-refractivity contribution is 0.284. The lowest BCUT2D eigenvalue weighted by Gasteiger charge is -2.21. The van der Waals surface area contributed by atoms with E-state index in [1.165, 1.54) is 12.1 Å². The molecule has 1 aliphatic heterocycles. The molecule has 0 aromatic heterocycles. The summed E-state index contributed by atoms with van der Waals surface area (Å²) in [6.07, 6.45) is 8.50. The van der Waals surface area contributed by atoms with E-state index in [0.717, 1.165) is 26.2 Å². The normalized spacial score (nSPS) is 14.6. The van der Waals surface area contributed by atoms with Crippen molar-refractivity contribution in [2.24, 2.45) is 0 Å². The highest BCUT2D eigenvalue weighted by molar-refractivity contribution is 14.0. The van der Waals surface area contributed by atoms with Crippen molar-refractivity contribution in [1.29, 1.82) is 0 Å². The van der Waals surface area contributed by atoms with Gasteiger partial charge in [-0.2, -0.15) is 0 Å². The first-order valence-corrected chi connectivity index (χ1v) is 5.23. The van der Waals surface area contributed by atoms with Crippen LogP contribution < -0.4 is 0 Å². The molecule has 0 aliphatic carbocycles. The second kappa shape index (κ2) is 7.79. The van der Waals surface area contributed by atoms with Gasteiger partial charge in [-0.25, -0.2) is 0 Å². The van der Waals surface area contributed by atoms with Crippen LogP contribution in [0.3, 0.4) is 0 Å². The molecule has 3 heteroatoms. The topological polar surface area (TPSA) is 6.48 Å². The van der Waals surface area contributed by atoms with E-state index in [1.54, 1.807) is 0 Å². The van der Waals surface area contributed by atoms with E-state index in [-0.39, 0.29) is 24.0 Å². The fraction of sp³-hybridized carbons (Fsp3) is 0.500. The maximum atomic E-state index is 3.78. The third kappa shape index (κ3) is 4.28. The Morgan fingerprint density at radius 2 is 2.00 bits per heavy atom. The summed E-state index contributed by atoms with van der Waals surface area (Å²) in [6, 6.07) is 0. The van der Waals surface area contributed by atoms with Crippen LogP contribution in [0.4, 0.5) is 0 Å². The van der Waals surface area contributed by atoms with Crippen LogP contribution >= 0.6 is 24.0 Å². The van der Waals surface area contributed by atoms with Gasteiger partial charge in [-0.1, -0.05) is 25.5 Å². The van der Waals surface area contributed by atoms with Crippen molar-refractivity contribution in [3.8, 4) is 0 Å². The van der Waals surface area contributed by atoms with Gasteiger partial charge in [0.2, 0.25) is 0 Å². The SMILES string of the molecule is C=CCN1C=C(CCC)N(CC=C)C1.I. The standard InChI is InChI=1S/C12H20N2.HI/c1-4-7-12-10-13(8-5-2)11-14(12)9-6-3;/h5-6,10H,2-4,7-9,11H2,1H3;1H. The van der Waals surface area contributed by atoms with Crippen LogP contribution in [-0.4, -0.2) is 29.6 Å². The van der Waals surface area contributed by atoms with Crippen LogP contribution in [0.5, 0.6) is 0 Å². The molecule has 2 nitrogen and oxygen atoms in total. The van der Waals surface area contributed by atoms with E-state index < -0.39 is 0 Å². The molecule has 0 atom stereocenters. The van der Waals surface area contributed by atoms with E-state index in [9.17, 15) is 0 Å². The van der Waals surface area contributed by atoms with E-state index in [2.05, 4.69) is 36.1 Å². The van der Waals surface area contributed by atoms with Crippen molar-refractivity contribution >= 4 is 24.0 Å². The zero-order valence-corrected chi connectivity index (χ0v) is 11.8. The van der Waals surface area contributed by atoms with Crippen molar-refractivity contribution in [2.45, 2.75) is 19.8 Å². The maximum Gasteiger partial charge on any atom is 0.0902 e. The molecule has 0 fully saturated rings. The molecule has 0 saturated carbocycles. The minimum absolute atomic E-state index is 0. The van der Waals surface area contributed by atoms with E-state index in [1.807, 2.05) is 12.2 Å². The third-order valence-electron chi connectivity index (χ3n) is 2.31. The summed E-state index contributed by atoms with van der Waals surface area (Å²) in [5, 5.41) is 0. The van der Waals surface area contributed by atoms with Crippen molar-refractivity contribution in [1.82, 2.24) is 9.80 Å². The number of hydrogen-bond donors (Lipinski definition) is 0. The van der Waals surface area contributed by atoms with Crippen LogP contribution in [0.15, 0.2) is 37.2 Å². The van der Waals surface area contributed by atoms with Gasteiger partial charge in [-0.05, 0) is 6.42 Å². The molecule has 0 spiro atoms. The van der Waals surface area contributed by atoms with Crippen molar-refractivity contribution < 1.29 is 0 Å². The number of halogens is 1. The monoisotopic (exact) mass is 320 g/mol. The average Bonchev–Trinajstić information content (AvgIpc) is 2.50. The molecule has 0 saturated heterocycles. The molecule has 15 heavy (non-hydrogen) atoms. The Hall–Kier alpha value is -0.450. The quantitative estimate of drug-likeness (QED) is 0.548. The first kappa shape index (κ1) is 14.6. The van der Waals surface area contributed by atoms with Crippen molar-refractivity contribution in [2.75, 3.05) is 19.8 Å². The zero-order valence-electron chi connectivity index (χ0n) is 9.48. The Morgan fingerprint density at radius 3 is 2.53 bits per heavy atom. The van der Waals surface area contributed by atoms with Gasteiger partial charge in [-0.15, -0.1) is 37.1 Å². The van der Waals surface area contributed by atoms with Crippen LogP contribution in [0, 0.1) is 0 Å². The summed E-state index contributed by atoms with van der Waals surface area (Å²) in [7, 11) is 0. The predicted molar refractivity (Wildman–Crippen MR) is 77.1 cm³/mol. The van der Waals surface area contributed by atoms with E-state index in [4.69, 9.17) is 0 Å². The number of allylic oxidation sites excluding steroid dienone is 1. The molecule has 86 valence electrons. The summed E-state index contributed by atoms with van der Waals surface area (Å²) in [4.78, 5) is 4.64. The highest BCUT2D eigenvalue weighted by atomic mass is 127. The molecule has 0 N–H and O–H groups in total. The summed E-state index contributed by atoms with van der Waals surface area (Å²) in [5.74, 6) is 0. The molecule has 1 heterocycles. The van der Waals surface area contributed by atoms with Gasteiger partial charge in [0.05, 0.1) is 6.67 Å². The van der Waals surface area contributed by atoms with Crippen LogP contribution in [0.25, 0.3) is 0 Å². The first-order chi connectivity index (χ1) is 6.81. The molecule has 1 aliphatic rings. The highest BCUT2D eigenvalue weighted by Crippen LogP contribution is 2.19. The van der Waals surface area contributed by atoms with Gasteiger partial charge >= 0.3 is 0 Å². The number of rotatable bonds is 6. The van der Waals surface area contributed by atoms with E-state index in [0.29, 0.717) is 0 Å². The Bertz CT molecular complexity index is 236. The van der Waals surface area contributed by atoms with Crippen LogP contribution in [0.2, 0.25) is 0 Å².